The van der Waals surface area contributed by atoms with E-state index in [0.717, 1.165) is 4.90 Å². The quantitative estimate of drug-likeness (QED) is 0.286. The Kier molecular flexibility index (Phi) is 8.87. The SMILES string of the molecule is O=C(CCCCC(=O)c1ccccc1)NNC(=O)CSc1ccc(Cl)cc1. The summed E-state index contributed by atoms with van der Waals surface area (Å²) in [6.07, 6.45) is 1.87. The van der Waals surface area contributed by atoms with Gasteiger partial charge in [-0.25, -0.2) is 0 Å². The molecule has 0 radical (unpaired) electrons. The highest BCUT2D eigenvalue weighted by Gasteiger charge is 2.08. The Morgan fingerprint density at radius 2 is 1.44 bits per heavy atom. The Balaban J connectivity index is 1.55. The molecule has 5 nitrogen and oxygen atoms in total. The number of hydrogen-bond acceptors (Lipinski definition) is 4. The monoisotopic (exact) mass is 404 g/mol. The number of benzene rings is 2. The van der Waals surface area contributed by atoms with Gasteiger partial charge in [-0.05, 0) is 37.1 Å². The molecule has 0 saturated heterocycles. The van der Waals surface area contributed by atoms with Crippen molar-refractivity contribution in [2.24, 2.45) is 0 Å². The van der Waals surface area contributed by atoms with Crippen LogP contribution in [0, 0.1) is 0 Å². The summed E-state index contributed by atoms with van der Waals surface area (Å²) in [5.41, 5.74) is 5.46. The summed E-state index contributed by atoms with van der Waals surface area (Å²) < 4.78 is 0. The van der Waals surface area contributed by atoms with Crippen molar-refractivity contribution in [2.45, 2.75) is 30.6 Å². The van der Waals surface area contributed by atoms with Crippen LogP contribution in [0.2, 0.25) is 5.02 Å². The zero-order valence-electron chi connectivity index (χ0n) is 14.7. The van der Waals surface area contributed by atoms with Crippen LogP contribution in [-0.2, 0) is 9.59 Å². The largest absolute Gasteiger partial charge is 0.294 e. The van der Waals surface area contributed by atoms with E-state index in [2.05, 4.69) is 10.9 Å². The van der Waals surface area contributed by atoms with Gasteiger partial charge in [0, 0.05) is 28.3 Å². The minimum absolute atomic E-state index is 0.0727. The fourth-order valence-corrected chi connectivity index (χ4v) is 3.08. The number of nitrogens with one attached hydrogen (secondary N) is 2. The number of unbranched alkanes of at least 4 members (excludes halogenated alkanes) is 1. The first-order valence-electron chi connectivity index (χ1n) is 8.59. The maximum Gasteiger partial charge on any atom is 0.248 e. The van der Waals surface area contributed by atoms with Crippen LogP contribution < -0.4 is 10.9 Å². The third kappa shape index (κ3) is 8.28. The highest BCUT2D eigenvalue weighted by molar-refractivity contribution is 8.00. The normalized spacial score (nSPS) is 10.3. The molecule has 142 valence electrons. The number of hydrogen-bond donors (Lipinski definition) is 2. The van der Waals surface area contributed by atoms with E-state index < -0.39 is 0 Å². The van der Waals surface area contributed by atoms with Crippen LogP contribution in [0.1, 0.15) is 36.0 Å². The van der Waals surface area contributed by atoms with Gasteiger partial charge in [-0.15, -0.1) is 11.8 Å². The van der Waals surface area contributed by atoms with Crippen molar-refractivity contribution in [3.05, 3.63) is 65.2 Å². The number of hydrazine groups is 1. The van der Waals surface area contributed by atoms with E-state index >= 15 is 0 Å². The summed E-state index contributed by atoms with van der Waals surface area (Å²) >= 11 is 7.16. The van der Waals surface area contributed by atoms with E-state index in [-0.39, 0.29) is 29.8 Å². The summed E-state index contributed by atoms with van der Waals surface area (Å²) in [6, 6.07) is 16.3. The van der Waals surface area contributed by atoms with Crippen molar-refractivity contribution < 1.29 is 14.4 Å². The average Bonchev–Trinajstić information content (AvgIpc) is 2.69. The molecule has 0 spiro atoms. The van der Waals surface area contributed by atoms with Crippen molar-refractivity contribution in [1.82, 2.24) is 10.9 Å². The smallest absolute Gasteiger partial charge is 0.248 e. The second-order valence-corrected chi connectivity index (χ2v) is 7.32. The molecule has 27 heavy (non-hydrogen) atoms. The number of ketones is 1. The van der Waals surface area contributed by atoms with E-state index in [0.29, 0.717) is 29.8 Å². The molecule has 0 fully saturated rings. The van der Waals surface area contributed by atoms with E-state index in [4.69, 9.17) is 11.6 Å². The summed E-state index contributed by atoms with van der Waals surface area (Å²) in [4.78, 5) is 36.4. The molecule has 0 aliphatic heterocycles. The second-order valence-electron chi connectivity index (χ2n) is 5.84. The van der Waals surface area contributed by atoms with Gasteiger partial charge >= 0.3 is 0 Å². The van der Waals surface area contributed by atoms with E-state index in [9.17, 15) is 14.4 Å². The van der Waals surface area contributed by atoms with E-state index in [1.165, 1.54) is 11.8 Å². The summed E-state index contributed by atoms with van der Waals surface area (Å²) in [5, 5.41) is 0.640. The number of Topliss-reactive ketones (excluding diaryl/α,β-unsaturated/α-hetero) is 1. The molecule has 2 N–H and O–H groups in total. The van der Waals surface area contributed by atoms with Gasteiger partial charge in [-0.1, -0.05) is 41.9 Å². The summed E-state index contributed by atoms with van der Waals surface area (Å²) in [6.45, 7) is 0. The Labute approximate surface area is 167 Å². The minimum Gasteiger partial charge on any atom is -0.294 e. The minimum atomic E-state index is -0.289. The van der Waals surface area contributed by atoms with Gasteiger partial charge in [0.2, 0.25) is 11.8 Å². The average molecular weight is 405 g/mol. The standard InChI is InChI=1S/C20H21ClN2O3S/c21-16-10-12-17(13-11-16)27-14-20(26)23-22-19(25)9-5-4-8-18(24)15-6-2-1-3-7-15/h1-3,6-7,10-13H,4-5,8-9,14H2,(H,22,25)(H,23,26). The van der Waals surface area contributed by atoms with Gasteiger partial charge in [0.05, 0.1) is 5.75 Å². The third-order valence-corrected chi connectivity index (χ3v) is 4.94. The first-order chi connectivity index (χ1) is 13.0. The lowest BCUT2D eigenvalue weighted by Crippen LogP contribution is -2.42. The predicted molar refractivity (Wildman–Crippen MR) is 108 cm³/mol. The fourth-order valence-electron chi connectivity index (χ4n) is 2.26. The first kappa shape index (κ1) is 21.0. The van der Waals surface area contributed by atoms with Gasteiger partial charge in [-0.3, -0.25) is 25.2 Å². The second kappa shape index (κ2) is 11.4. The maximum atomic E-state index is 11.9. The van der Waals surface area contributed by atoms with Crippen molar-refractivity contribution in [2.75, 3.05) is 5.75 Å². The van der Waals surface area contributed by atoms with Crippen LogP contribution in [0.3, 0.4) is 0 Å². The Morgan fingerprint density at radius 3 is 2.15 bits per heavy atom. The number of thioether (sulfide) groups is 1. The van der Waals surface area contributed by atoms with Crippen molar-refractivity contribution >= 4 is 41.0 Å². The molecule has 0 unspecified atom stereocenters. The van der Waals surface area contributed by atoms with Crippen LogP contribution in [-0.4, -0.2) is 23.4 Å². The number of carbonyl (C=O) groups excluding carboxylic acids is 3. The molecular formula is C20H21ClN2O3S. The van der Waals surface area contributed by atoms with Crippen molar-refractivity contribution in [1.29, 1.82) is 0 Å². The third-order valence-electron chi connectivity index (χ3n) is 3.68. The molecule has 0 heterocycles. The lowest BCUT2D eigenvalue weighted by molar-refractivity contribution is -0.127. The zero-order valence-corrected chi connectivity index (χ0v) is 16.3. The van der Waals surface area contributed by atoms with Gasteiger partial charge in [0.15, 0.2) is 5.78 Å². The van der Waals surface area contributed by atoms with Gasteiger partial charge in [-0.2, -0.15) is 0 Å². The molecule has 0 aliphatic carbocycles. The molecule has 0 bridgehead atoms. The van der Waals surface area contributed by atoms with Crippen molar-refractivity contribution in [3.63, 3.8) is 0 Å². The maximum absolute atomic E-state index is 11.9. The van der Waals surface area contributed by atoms with Crippen LogP contribution in [0.5, 0.6) is 0 Å². The van der Waals surface area contributed by atoms with Crippen LogP contribution in [0.15, 0.2) is 59.5 Å². The molecule has 0 aliphatic rings. The molecule has 7 heteroatoms. The lowest BCUT2D eigenvalue weighted by Gasteiger charge is -2.07. The molecule has 0 saturated carbocycles. The lowest BCUT2D eigenvalue weighted by atomic mass is 10.0. The molecule has 2 amide bonds. The number of rotatable bonds is 9. The number of halogens is 1. The Hall–Kier alpha value is -2.31. The van der Waals surface area contributed by atoms with Crippen molar-refractivity contribution in [3.8, 4) is 0 Å². The van der Waals surface area contributed by atoms with Crippen LogP contribution in [0.25, 0.3) is 0 Å². The highest BCUT2D eigenvalue weighted by atomic mass is 35.5. The van der Waals surface area contributed by atoms with Crippen LogP contribution in [0.4, 0.5) is 0 Å². The van der Waals surface area contributed by atoms with Gasteiger partial charge in [0.1, 0.15) is 0 Å². The Morgan fingerprint density at radius 1 is 0.815 bits per heavy atom. The Bertz CT molecular complexity index is 767. The first-order valence-corrected chi connectivity index (χ1v) is 9.95. The molecular weight excluding hydrogens is 384 g/mol. The zero-order chi connectivity index (χ0) is 19.5. The highest BCUT2D eigenvalue weighted by Crippen LogP contribution is 2.19. The van der Waals surface area contributed by atoms with Gasteiger partial charge in [0.25, 0.3) is 0 Å². The molecule has 2 aromatic rings. The molecule has 0 aromatic heterocycles. The van der Waals surface area contributed by atoms with E-state index in [1.807, 2.05) is 30.3 Å². The van der Waals surface area contributed by atoms with Gasteiger partial charge < -0.3 is 0 Å². The molecule has 2 rings (SSSR count). The van der Waals surface area contributed by atoms with E-state index in [1.54, 1.807) is 24.3 Å². The summed E-state index contributed by atoms with van der Waals surface area (Å²) in [5.74, 6) is -0.300. The topological polar surface area (TPSA) is 75.3 Å². The fraction of sp³-hybridized carbons (Fsp3) is 0.250. The van der Waals surface area contributed by atoms with Crippen LogP contribution >= 0.6 is 23.4 Å². The summed E-state index contributed by atoms with van der Waals surface area (Å²) in [7, 11) is 0. The predicted octanol–water partition coefficient (Wildman–Crippen LogP) is 4.02. The molecule has 2 aromatic carbocycles. The molecule has 0 atom stereocenters. The number of carbonyl (C=O) groups is 3. The number of amides is 2.